The summed E-state index contributed by atoms with van der Waals surface area (Å²) in [4.78, 5) is 5.62. The van der Waals surface area contributed by atoms with E-state index in [2.05, 4.69) is 4.98 Å². The van der Waals surface area contributed by atoms with Gasteiger partial charge in [0.2, 0.25) is 0 Å². The maximum absolute atomic E-state index is 13.0. The van der Waals surface area contributed by atoms with E-state index in [1.165, 1.54) is 42.8 Å². The fraction of sp³-hybridized carbons (Fsp3) is 0.600. The van der Waals surface area contributed by atoms with E-state index in [0.29, 0.717) is 11.4 Å². The van der Waals surface area contributed by atoms with Gasteiger partial charge in [-0.15, -0.1) is 0 Å². The molecule has 0 spiro atoms. The molecule has 0 unspecified atom stereocenters. The minimum Gasteiger partial charge on any atom is -0.334 e. The lowest BCUT2D eigenvalue weighted by atomic mass is 10.1. The van der Waals surface area contributed by atoms with Crippen molar-refractivity contribution >= 4 is 11.8 Å². The van der Waals surface area contributed by atoms with Crippen molar-refractivity contribution in [1.82, 2.24) is 4.98 Å². The smallest absolute Gasteiger partial charge is 0.334 e. The number of nitrogens with one attached hydrogen (secondary N) is 1. The zero-order valence-corrected chi connectivity index (χ0v) is 13.3. The fourth-order valence-electron chi connectivity index (χ4n) is 2.67. The fourth-order valence-corrected chi connectivity index (χ4v) is 3.77. The second kappa shape index (κ2) is 7.34. The van der Waals surface area contributed by atoms with Crippen LogP contribution >= 0.6 is 11.8 Å². The molecule has 0 amide bonds. The lowest BCUT2D eigenvalue weighted by molar-refractivity contribution is -0.902. The molecule has 0 radical (unpaired) electrons. The highest BCUT2D eigenvalue weighted by atomic mass is 32.2. The molecule has 22 heavy (non-hydrogen) atoms. The van der Waals surface area contributed by atoms with Crippen molar-refractivity contribution in [2.24, 2.45) is 0 Å². The predicted molar refractivity (Wildman–Crippen MR) is 78.8 cm³/mol. The molecule has 3 nitrogen and oxygen atoms in total. The number of nitrogens with zero attached hydrogens (tertiary/aromatic N) is 2. The molecule has 0 aromatic carbocycles. The van der Waals surface area contributed by atoms with Crippen molar-refractivity contribution in [2.75, 3.05) is 25.4 Å². The van der Waals surface area contributed by atoms with Crippen LogP contribution in [0.3, 0.4) is 0 Å². The first-order valence-corrected chi connectivity index (χ1v) is 8.35. The van der Waals surface area contributed by atoms with Crippen LogP contribution in [-0.2, 0) is 6.18 Å². The molecule has 1 N–H and O–H groups in total. The molecule has 0 atom stereocenters. The average Bonchev–Trinajstić information content (AvgIpc) is 2.47. The van der Waals surface area contributed by atoms with Gasteiger partial charge in [-0.05, 0) is 32.3 Å². The molecule has 0 aliphatic carbocycles. The van der Waals surface area contributed by atoms with Crippen molar-refractivity contribution in [3.05, 3.63) is 22.9 Å². The Morgan fingerprint density at radius 1 is 1.32 bits per heavy atom. The Morgan fingerprint density at radius 3 is 2.59 bits per heavy atom. The van der Waals surface area contributed by atoms with Crippen molar-refractivity contribution in [3.8, 4) is 6.07 Å². The third-order valence-corrected chi connectivity index (χ3v) is 4.76. The first-order valence-electron chi connectivity index (χ1n) is 7.37. The molecule has 1 aliphatic heterocycles. The lowest BCUT2D eigenvalue weighted by Crippen LogP contribution is -3.13. The van der Waals surface area contributed by atoms with E-state index in [1.54, 1.807) is 6.07 Å². The lowest BCUT2D eigenvalue weighted by Gasteiger charge is -2.23. The van der Waals surface area contributed by atoms with Crippen molar-refractivity contribution < 1.29 is 18.1 Å². The van der Waals surface area contributed by atoms with E-state index in [4.69, 9.17) is 5.26 Å². The second-order valence-corrected chi connectivity index (χ2v) is 6.59. The van der Waals surface area contributed by atoms with Gasteiger partial charge in [0.05, 0.1) is 30.8 Å². The largest absolute Gasteiger partial charge is 0.417 e. The van der Waals surface area contributed by atoms with E-state index < -0.39 is 11.7 Å². The van der Waals surface area contributed by atoms with Crippen LogP contribution in [0, 0.1) is 18.3 Å². The number of quaternary nitrogens is 1. The molecule has 2 heterocycles. The van der Waals surface area contributed by atoms with Gasteiger partial charge in [-0.2, -0.15) is 18.4 Å². The Bertz CT molecular complexity index is 560. The average molecular weight is 330 g/mol. The van der Waals surface area contributed by atoms with Crippen LogP contribution < -0.4 is 4.90 Å². The molecule has 1 fully saturated rings. The Labute approximate surface area is 132 Å². The third kappa shape index (κ3) is 4.37. The number of alkyl halides is 3. The Morgan fingerprint density at radius 2 is 2.00 bits per heavy atom. The molecule has 0 saturated carbocycles. The van der Waals surface area contributed by atoms with Gasteiger partial charge in [0, 0.05) is 11.4 Å². The summed E-state index contributed by atoms with van der Waals surface area (Å²) in [5.74, 6) is 0.678. The van der Waals surface area contributed by atoms with E-state index in [0.717, 1.165) is 25.7 Å². The third-order valence-electron chi connectivity index (χ3n) is 3.79. The molecule has 0 bridgehead atoms. The topological polar surface area (TPSA) is 41.1 Å². The predicted octanol–water partition coefficient (Wildman–Crippen LogP) is 2.44. The quantitative estimate of drug-likeness (QED) is 0.862. The molecule has 120 valence electrons. The van der Waals surface area contributed by atoms with Crippen LogP contribution in [0.5, 0.6) is 0 Å². The van der Waals surface area contributed by atoms with Gasteiger partial charge in [0.15, 0.2) is 0 Å². The molecule has 1 saturated heterocycles. The van der Waals surface area contributed by atoms with Gasteiger partial charge in [-0.3, -0.25) is 0 Å². The van der Waals surface area contributed by atoms with Crippen molar-refractivity contribution in [1.29, 1.82) is 5.26 Å². The minimum absolute atomic E-state index is 0.200. The van der Waals surface area contributed by atoms with Gasteiger partial charge in [0.1, 0.15) is 11.1 Å². The highest BCUT2D eigenvalue weighted by molar-refractivity contribution is 7.99. The van der Waals surface area contributed by atoms with Crippen LogP contribution in [0.25, 0.3) is 0 Å². The summed E-state index contributed by atoms with van der Waals surface area (Å²) in [5.41, 5.74) is -0.939. The number of thioether (sulfide) groups is 1. The minimum atomic E-state index is -4.52. The van der Waals surface area contributed by atoms with Crippen LogP contribution in [0.4, 0.5) is 13.2 Å². The van der Waals surface area contributed by atoms with Gasteiger partial charge in [0.25, 0.3) is 0 Å². The number of likely N-dealkylation sites (tertiary alicyclic amines) is 1. The summed E-state index contributed by atoms with van der Waals surface area (Å²) in [5, 5.41) is 9.29. The second-order valence-electron chi connectivity index (χ2n) is 5.51. The SMILES string of the molecule is Cc1cc(C(F)(F)F)c(C#N)c(SCC[NH+]2CCCCC2)n1. The van der Waals surface area contributed by atoms with E-state index in [9.17, 15) is 13.2 Å². The molecule has 2 rings (SSSR count). The zero-order valence-electron chi connectivity index (χ0n) is 12.5. The van der Waals surface area contributed by atoms with Crippen molar-refractivity contribution in [3.63, 3.8) is 0 Å². The number of hydrogen-bond donors (Lipinski definition) is 1. The molecular formula is C15H19F3N3S+. The maximum Gasteiger partial charge on any atom is 0.417 e. The molecule has 1 aliphatic rings. The Kier molecular flexibility index (Phi) is 5.70. The molecule has 7 heteroatoms. The van der Waals surface area contributed by atoms with Crippen LogP contribution in [0.2, 0.25) is 0 Å². The van der Waals surface area contributed by atoms with Gasteiger partial charge in [-0.25, -0.2) is 4.98 Å². The number of hydrogen-bond acceptors (Lipinski definition) is 3. The molecule has 1 aromatic heterocycles. The Hall–Kier alpha value is -1.26. The number of pyridine rings is 1. The summed E-state index contributed by atoms with van der Waals surface area (Å²) in [6, 6.07) is 2.62. The first kappa shape index (κ1) is 17.1. The molecule has 1 aromatic rings. The Balaban J connectivity index is 2.09. The number of aromatic nitrogens is 1. The summed E-state index contributed by atoms with van der Waals surface area (Å²) in [7, 11) is 0. The van der Waals surface area contributed by atoms with Gasteiger partial charge < -0.3 is 4.90 Å². The number of rotatable bonds is 4. The highest BCUT2D eigenvalue weighted by Crippen LogP contribution is 2.35. The van der Waals surface area contributed by atoms with Crippen LogP contribution in [0.1, 0.15) is 36.1 Å². The normalized spacial score (nSPS) is 16.5. The zero-order chi connectivity index (χ0) is 16.2. The van der Waals surface area contributed by atoms with E-state index >= 15 is 0 Å². The van der Waals surface area contributed by atoms with Crippen LogP contribution in [-0.4, -0.2) is 30.4 Å². The summed E-state index contributed by atoms with van der Waals surface area (Å²) < 4.78 is 39.0. The van der Waals surface area contributed by atoms with E-state index in [-0.39, 0.29) is 10.6 Å². The van der Waals surface area contributed by atoms with Crippen LogP contribution in [0.15, 0.2) is 11.1 Å². The van der Waals surface area contributed by atoms with Crippen molar-refractivity contribution in [2.45, 2.75) is 37.4 Å². The number of aryl methyl sites for hydroxylation is 1. The summed E-state index contributed by atoms with van der Waals surface area (Å²) in [6.07, 6.45) is -0.829. The van der Waals surface area contributed by atoms with Gasteiger partial charge in [-0.1, -0.05) is 11.8 Å². The number of nitriles is 1. The maximum atomic E-state index is 13.0. The van der Waals surface area contributed by atoms with Gasteiger partial charge >= 0.3 is 6.18 Å². The van der Waals surface area contributed by atoms with E-state index in [1.807, 2.05) is 0 Å². The molecular weight excluding hydrogens is 311 g/mol. The summed E-state index contributed by atoms with van der Waals surface area (Å²) in [6.45, 7) is 4.67. The highest BCUT2D eigenvalue weighted by Gasteiger charge is 2.35. The standard InChI is InChI=1S/C15H18F3N3S/c1-11-9-13(15(16,17)18)12(10-19)14(20-11)22-8-7-21-5-3-2-4-6-21/h9H,2-8H2,1H3/p+1. The summed E-state index contributed by atoms with van der Waals surface area (Å²) >= 11 is 1.26. The number of halogens is 3. The number of piperidine rings is 1. The first-order chi connectivity index (χ1) is 10.4. The monoisotopic (exact) mass is 330 g/mol.